The van der Waals surface area contributed by atoms with Crippen LogP contribution in [0.25, 0.3) is 10.9 Å². The normalized spacial score (nSPS) is 13.5. The summed E-state index contributed by atoms with van der Waals surface area (Å²) in [6, 6.07) is 3.69. The Labute approximate surface area is 193 Å². The van der Waals surface area contributed by atoms with Crippen molar-refractivity contribution in [1.29, 1.82) is 0 Å². The molecule has 3 amide bonds. The molecule has 3 unspecified atom stereocenters. The van der Waals surface area contributed by atoms with E-state index < -0.39 is 60.8 Å². The highest BCUT2D eigenvalue weighted by Gasteiger charge is 2.27. The maximum absolute atomic E-state index is 12.3. The summed E-state index contributed by atoms with van der Waals surface area (Å²) in [6.45, 7) is -0.477. The average Bonchev–Trinajstić information content (AvgIpc) is 3.17. The number of rotatable bonds is 12. The first-order chi connectivity index (χ1) is 15.6. The first kappa shape index (κ1) is 25.7. The van der Waals surface area contributed by atoms with Gasteiger partial charge in [-0.05, 0) is 18.1 Å². The predicted octanol–water partition coefficient (Wildman–Crippen LogP) is -1.39. The second kappa shape index (κ2) is 11.9. The van der Waals surface area contributed by atoms with Crippen molar-refractivity contribution in [1.82, 2.24) is 20.9 Å². The number of hydrogen-bond acceptors (Lipinski definition) is 7. The molecule has 0 aliphatic heterocycles. The fourth-order valence-corrected chi connectivity index (χ4v) is 3.27. The fourth-order valence-electron chi connectivity index (χ4n) is 3.02. The number of thiol groups is 1. The number of hydrogen-bond donors (Lipinski definition) is 8. The van der Waals surface area contributed by atoms with E-state index in [0.717, 1.165) is 16.5 Å². The van der Waals surface area contributed by atoms with Crippen molar-refractivity contribution < 1.29 is 34.2 Å². The molecule has 13 heteroatoms. The monoisotopic (exact) mass is 479 g/mol. The number of nitrogens with two attached hydrogens (primary N) is 1. The molecular formula is C20H25N5O7S. The second-order valence-corrected chi connectivity index (χ2v) is 7.55. The van der Waals surface area contributed by atoms with Gasteiger partial charge in [-0.15, -0.1) is 0 Å². The minimum atomic E-state index is -1.67. The van der Waals surface area contributed by atoms with Gasteiger partial charge in [0.05, 0.1) is 19.0 Å². The van der Waals surface area contributed by atoms with Gasteiger partial charge in [-0.1, -0.05) is 18.2 Å². The zero-order valence-corrected chi connectivity index (χ0v) is 18.3. The van der Waals surface area contributed by atoms with E-state index in [1.165, 1.54) is 0 Å². The highest BCUT2D eigenvalue weighted by atomic mass is 32.1. The van der Waals surface area contributed by atoms with Crippen molar-refractivity contribution >= 4 is 53.2 Å². The molecule has 1 heterocycles. The van der Waals surface area contributed by atoms with Crippen molar-refractivity contribution in [2.75, 3.05) is 12.3 Å². The number of amides is 3. The summed E-state index contributed by atoms with van der Waals surface area (Å²) in [6.07, 6.45) is 1.16. The van der Waals surface area contributed by atoms with Crippen LogP contribution < -0.4 is 21.7 Å². The number of para-hydroxylation sites is 1. The summed E-state index contributed by atoms with van der Waals surface area (Å²) in [5, 5.41) is 25.4. The Balaban J connectivity index is 1.85. The van der Waals surface area contributed by atoms with Gasteiger partial charge in [-0.3, -0.25) is 19.2 Å². The van der Waals surface area contributed by atoms with Crippen LogP contribution in [-0.4, -0.2) is 75.3 Å². The van der Waals surface area contributed by atoms with Gasteiger partial charge >= 0.3 is 11.9 Å². The van der Waals surface area contributed by atoms with Crippen molar-refractivity contribution in [2.45, 2.75) is 31.0 Å². The molecule has 2 rings (SSSR count). The Morgan fingerprint density at radius 2 is 1.73 bits per heavy atom. The Kier molecular flexibility index (Phi) is 9.24. The van der Waals surface area contributed by atoms with Crippen LogP contribution in [0.2, 0.25) is 0 Å². The van der Waals surface area contributed by atoms with E-state index >= 15 is 0 Å². The summed E-state index contributed by atoms with van der Waals surface area (Å²) < 4.78 is 0. The van der Waals surface area contributed by atoms with Gasteiger partial charge in [0.15, 0.2) is 0 Å². The maximum atomic E-state index is 12.3. The van der Waals surface area contributed by atoms with Crippen LogP contribution in [0.1, 0.15) is 12.0 Å². The summed E-state index contributed by atoms with van der Waals surface area (Å²) >= 11 is 3.94. The number of fused-ring (bicyclic) bond motifs is 1. The largest absolute Gasteiger partial charge is 0.481 e. The molecule has 3 atom stereocenters. The standard InChI is InChI=1S/C20H25N5O7S/c21-12(5-10-7-22-13-4-2-1-3-11(10)13)18(29)23-8-16(26)24-15(9-33)19(30)25-14(20(31)32)6-17(27)28/h1-4,7,12,14-15,22,33H,5-6,8-9,21H2,(H,23,29)(H,24,26)(H,25,30)(H,27,28)(H,31,32). The van der Waals surface area contributed by atoms with Crippen LogP contribution in [0, 0.1) is 0 Å². The summed E-state index contributed by atoms with van der Waals surface area (Å²) in [5.74, 6) is -5.37. The van der Waals surface area contributed by atoms with E-state index in [1.807, 2.05) is 29.6 Å². The van der Waals surface area contributed by atoms with E-state index in [4.69, 9.17) is 15.9 Å². The molecule has 8 N–H and O–H groups in total. The molecule has 12 nitrogen and oxygen atoms in total. The number of carbonyl (C=O) groups is 5. The number of carboxylic acids is 2. The summed E-state index contributed by atoms with van der Waals surface area (Å²) in [5.41, 5.74) is 7.70. The van der Waals surface area contributed by atoms with Gasteiger partial charge < -0.3 is 36.9 Å². The second-order valence-electron chi connectivity index (χ2n) is 7.19. The van der Waals surface area contributed by atoms with E-state index in [2.05, 4.69) is 28.2 Å². The zero-order valence-electron chi connectivity index (χ0n) is 17.4. The molecule has 2 aromatic rings. The van der Waals surface area contributed by atoms with Crippen LogP contribution >= 0.6 is 12.6 Å². The van der Waals surface area contributed by atoms with Crippen molar-refractivity contribution in [3.63, 3.8) is 0 Å². The molecular weight excluding hydrogens is 454 g/mol. The van der Waals surface area contributed by atoms with E-state index in [1.54, 1.807) is 6.20 Å². The molecule has 0 aliphatic carbocycles. The SMILES string of the molecule is NC(Cc1c[nH]c2ccccc12)C(=O)NCC(=O)NC(CS)C(=O)NC(CC(=O)O)C(=O)O. The Morgan fingerprint density at radius 3 is 2.36 bits per heavy atom. The Morgan fingerprint density at radius 1 is 1.03 bits per heavy atom. The van der Waals surface area contributed by atoms with Crippen LogP contribution in [-0.2, 0) is 30.4 Å². The van der Waals surface area contributed by atoms with Gasteiger partial charge in [0.1, 0.15) is 12.1 Å². The Bertz CT molecular complexity index is 1040. The van der Waals surface area contributed by atoms with Crippen LogP contribution in [0.15, 0.2) is 30.5 Å². The van der Waals surface area contributed by atoms with Crippen LogP contribution in [0.5, 0.6) is 0 Å². The fraction of sp³-hybridized carbons (Fsp3) is 0.350. The Hall–Kier alpha value is -3.58. The smallest absolute Gasteiger partial charge is 0.326 e. The van der Waals surface area contributed by atoms with Crippen molar-refractivity contribution in [3.8, 4) is 0 Å². The number of benzene rings is 1. The van der Waals surface area contributed by atoms with Gasteiger partial charge in [0.25, 0.3) is 0 Å². The van der Waals surface area contributed by atoms with Gasteiger partial charge in [0, 0.05) is 22.9 Å². The quantitative estimate of drug-likeness (QED) is 0.170. The molecule has 1 aromatic heterocycles. The van der Waals surface area contributed by atoms with E-state index in [9.17, 15) is 24.0 Å². The minimum Gasteiger partial charge on any atom is -0.481 e. The number of H-pyrrole nitrogens is 1. The summed E-state index contributed by atoms with van der Waals surface area (Å²) in [4.78, 5) is 61.5. The molecule has 0 bridgehead atoms. The molecule has 0 spiro atoms. The van der Waals surface area contributed by atoms with Gasteiger partial charge in [0.2, 0.25) is 17.7 Å². The van der Waals surface area contributed by atoms with Gasteiger partial charge in [-0.2, -0.15) is 12.6 Å². The number of aromatic amines is 1. The first-order valence-corrected chi connectivity index (χ1v) is 10.5. The highest BCUT2D eigenvalue weighted by Crippen LogP contribution is 2.18. The van der Waals surface area contributed by atoms with E-state index in [-0.39, 0.29) is 12.2 Å². The number of aromatic nitrogens is 1. The van der Waals surface area contributed by atoms with Gasteiger partial charge in [-0.25, -0.2) is 4.79 Å². The third kappa shape index (κ3) is 7.50. The highest BCUT2D eigenvalue weighted by molar-refractivity contribution is 7.80. The van der Waals surface area contributed by atoms with E-state index in [0.29, 0.717) is 0 Å². The number of nitrogens with one attached hydrogen (secondary N) is 4. The molecule has 0 aliphatic rings. The topological polar surface area (TPSA) is 204 Å². The molecule has 33 heavy (non-hydrogen) atoms. The molecule has 178 valence electrons. The number of aliphatic carboxylic acids is 2. The molecule has 1 aromatic carbocycles. The predicted molar refractivity (Wildman–Crippen MR) is 121 cm³/mol. The lowest BCUT2D eigenvalue weighted by Crippen LogP contribution is -2.54. The minimum absolute atomic E-state index is 0.189. The summed E-state index contributed by atoms with van der Waals surface area (Å²) in [7, 11) is 0. The lowest BCUT2D eigenvalue weighted by atomic mass is 10.1. The molecule has 0 fully saturated rings. The third-order valence-corrected chi connectivity index (χ3v) is 5.07. The lowest BCUT2D eigenvalue weighted by Gasteiger charge is -2.19. The molecule has 0 saturated carbocycles. The average molecular weight is 480 g/mol. The zero-order chi connectivity index (χ0) is 24.5. The van der Waals surface area contributed by atoms with Crippen molar-refractivity contribution in [2.24, 2.45) is 5.73 Å². The van der Waals surface area contributed by atoms with Crippen LogP contribution in [0.3, 0.4) is 0 Å². The number of carbonyl (C=O) groups excluding carboxylic acids is 3. The van der Waals surface area contributed by atoms with Crippen LogP contribution in [0.4, 0.5) is 0 Å². The van der Waals surface area contributed by atoms with Crippen molar-refractivity contribution in [3.05, 3.63) is 36.0 Å². The lowest BCUT2D eigenvalue weighted by molar-refractivity contribution is -0.147. The molecule has 0 radical (unpaired) electrons. The third-order valence-electron chi connectivity index (χ3n) is 4.70. The number of carboxylic acid groups (broad SMARTS) is 2. The first-order valence-electron chi connectivity index (χ1n) is 9.85. The molecule has 0 saturated heterocycles. The maximum Gasteiger partial charge on any atom is 0.326 e.